The van der Waals surface area contributed by atoms with Crippen LogP contribution in [0.1, 0.15) is 31.9 Å². The zero-order valence-corrected chi connectivity index (χ0v) is 8.92. The van der Waals surface area contributed by atoms with Crippen LogP contribution in [0.2, 0.25) is 0 Å². The third-order valence-corrected chi connectivity index (χ3v) is 2.40. The van der Waals surface area contributed by atoms with Crippen molar-refractivity contribution in [3.05, 3.63) is 18.0 Å². The number of nitrogens with zero attached hydrogens (tertiary/aromatic N) is 3. The number of aliphatic hydroxyl groups is 1. The summed E-state index contributed by atoms with van der Waals surface area (Å²) in [5.74, 6) is 0. The normalized spacial score (nSPS) is 20.5. The van der Waals surface area contributed by atoms with E-state index in [4.69, 9.17) is 9.94 Å². The highest BCUT2D eigenvalue weighted by Gasteiger charge is 2.22. The summed E-state index contributed by atoms with van der Waals surface area (Å²) >= 11 is 0. The smallest absolute Gasteiger partial charge is 0.156 e. The van der Waals surface area contributed by atoms with Crippen molar-refractivity contribution >= 4 is 5.71 Å². The first kappa shape index (κ1) is 10.2. The van der Waals surface area contributed by atoms with E-state index in [1.165, 1.54) is 0 Å². The van der Waals surface area contributed by atoms with Crippen LogP contribution in [0.15, 0.2) is 17.5 Å². The van der Waals surface area contributed by atoms with Crippen LogP contribution < -0.4 is 0 Å². The van der Waals surface area contributed by atoms with E-state index in [0.717, 1.165) is 11.3 Å². The van der Waals surface area contributed by atoms with Crippen LogP contribution in [0.3, 0.4) is 0 Å². The molecular formula is C10H15N3O2. The van der Waals surface area contributed by atoms with Gasteiger partial charge in [0.15, 0.2) is 6.10 Å². The molecule has 0 fully saturated rings. The summed E-state index contributed by atoms with van der Waals surface area (Å²) in [5, 5.41) is 17.1. The van der Waals surface area contributed by atoms with Crippen LogP contribution in [0, 0.1) is 0 Å². The molecule has 2 heterocycles. The fourth-order valence-electron chi connectivity index (χ4n) is 1.47. The Morgan fingerprint density at radius 2 is 2.47 bits per heavy atom. The molecule has 0 amide bonds. The van der Waals surface area contributed by atoms with Crippen molar-refractivity contribution in [3.63, 3.8) is 0 Å². The lowest BCUT2D eigenvalue weighted by Gasteiger charge is -2.02. The average Bonchev–Trinajstić information content (AvgIpc) is 2.86. The number of aromatic nitrogens is 2. The summed E-state index contributed by atoms with van der Waals surface area (Å²) in [6.45, 7) is 4.14. The maximum Gasteiger partial charge on any atom is 0.156 e. The first-order valence-corrected chi connectivity index (χ1v) is 5.08. The zero-order chi connectivity index (χ0) is 10.8. The molecular weight excluding hydrogens is 194 g/mol. The second-order valence-electron chi connectivity index (χ2n) is 3.95. The van der Waals surface area contributed by atoms with Gasteiger partial charge >= 0.3 is 0 Å². The van der Waals surface area contributed by atoms with Crippen LogP contribution in [0.5, 0.6) is 0 Å². The van der Waals surface area contributed by atoms with E-state index < -0.39 is 0 Å². The maximum absolute atomic E-state index is 8.90. The molecule has 82 valence electrons. The van der Waals surface area contributed by atoms with Gasteiger partial charge in [-0.1, -0.05) is 5.16 Å². The Kier molecular flexibility index (Phi) is 2.73. The molecule has 1 unspecified atom stereocenters. The van der Waals surface area contributed by atoms with Crippen molar-refractivity contribution in [2.75, 3.05) is 6.61 Å². The van der Waals surface area contributed by atoms with Crippen molar-refractivity contribution in [2.24, 2.45) is 5.16 Å². The second-order valence-corrected chi connectivity index (χ2v) is 3.95. The maximum atomic E-state index is 8.90. The van der Waals surface area contributed by atoms with Gasteiger partial charge in [-0.25, -0.2) is 0 Å². The molecule has 0 saturated heterocycles. The average molecular weight is 209 g/mol. The molecule has 5 nitrogen and oxygen atoms in total. The zero-order valence-electron chi connectivity index (χ0n) is 8.92. The lowest BCUT2D eigenvalue weighted by atomic mass is 10.1. The molecule has 1 aromatic rings. The van der Waals surface area contributed by atoms with Crippen molar-refractivity contribution in [1.29, 1.82) is 0 Å². The summed E-state index contributed by atoms with van der Waals surface area (Å²) in [6, 6.07) is 0.343. The van der Waals surface area contributed by atoms with Crippen LogP contribution >= 0.6 is 0 Å². The summed E-state index contributed by atoms with van der Waals surface area (Å²) in [7, 11) is 0. The van der Waals surface area contributed by atoms with E-state index in [2.05, 4.69) is 24.1 Å². The summed E-state index contributed by atoms with van der Waals surface area (Å²) in [5.41, 5.74) is 1.83. The predicted molar refractivity (Wildman–Crippen MR) is 55.7 cm³/mol. The van der Waals surface area contributed by atoms with E-state index in [1.54, 1.807) is 6.20 Å². The highest BCUT2D eigenvalue weighted by atomic mass is 16.6. The van der Waals surface area contributed by atoms with Crippen LogP contribution in [0.4, 0.5) is 0 Å². The predicted octanol–water partition coefficient (Wildman–Crippen LogP) is 0.949. The molecule has 5 heteroatoms. The number of aliphatic hydroxyl groups excluding tert-OH is 1. The molecule has 0 bridgehead atoms. The van der Waals surface area contributed by atoms with Gasteiger partial charge in [0, 0.05) is 24.2 Å². The molecule has 1 aromatic heterocycles. The minimum Gasteiger partial charge on any atom is -0.392 e. The van der Waals surface area contributed by atoms with Crippen LogP contribution in [-0.4, -0.2) is 33.3 Å². The SMILES string of the molecule is CC(C)n1cc(C2=NOC(CO)C2)cn1. The van der Waals surface area contributed by atoms with Crippen molar-refractivity contribution in [1.82, 2.24) is 9.78 Å². The molecule has 1 atom stereocenters. The van der Waals surface area contributed by atoms with Crippen molar-refractivity contribution in [2.45, 2.75) is 32.4 Å². The van der Waals surface area contributed by atoms with Crippen LogP contribution in [-0.2, 0) is 4.84 Å². The fourth-order valence-corrected chi connectivity index (χ4v) is 1.47. The molecule has 0 radical (unpaired) electrons. The first-order valence-electron chi connectivity index (χ1n) is 5.08. The van der Waals surface area contributed by atoms with E-state index >= 15 is 0 Å². The Labute approximate surface area is 88.3 Å². The Morgan fingerprint density at radius 1 is 1.67 bits per heavy atom. The number of rotatable bonds is 3. The van der Waals surface area contributed by atoms with E-state index in [1.807, 2.05) is 10.9 Å². The molecule has 1 aliphatic rings. The van der Waals surface area contributed by atoms with Crippen LogP contribution in [0.25, 0.3) is 0 Å². The number of hydrogen-bond acceptors (Lipinski definition) is 4. The summed E-state index contributed by atoms with van der Waals surface area (Å²) in [4.78, 5) is 5.04. The van der Waals surface area contributed by atoms with Gasteiger partial charge in [0.05, 0.1) is 18.5 Å². The Balaban J connectivity index is 2.11. The largest absolute Gasteiger partial charge is 0.392 e. The molecule has 1 N–H and O–H groups in total. The molecule has 0 saturated carbocycles. The first-order chi connectivity index (χ1) is 7.20. The topological polar surface area (TPSA) is 59.6 Å². The quantitative estimate of drug-likeness (QED) is 0.806. The molecule has 0 aliphatic carbocycles. The number of oxime groups is 1. The van der Waals surface area contributed by atoms with Gasteiger partial charge in [-0.2, -0.15) is 5.10 Å². The van der Waals surface area contributed by atoms with Gasteiger partial charge in [-0.05, 0) is 13.8 Å². The van der Waals surface area contributed by atoms with Gasteiger partial charge in [0.1, 0.15) is 0 Å². The Morgan fingerprint density at radius 3 is 3.00 bits per heavy atom. The van der Waals surface area contributed by atoms with E-state index in [0.29, 0.717) is 12.5 Å². The molecule has 2 rings (SSSR count). The highest BCUT2D eigenvalue weighted by Crippen LogP contribution is 2.16. The summed E-state index contributed by atoms with van der Waals surface area (Å²) in [6.07, 6.45) is 4.19. The Bertz CT molecular complexity index is 370. The molecule has 1 aliphatic heterocycles. The molecule has 0 aromatic carbocycles. The second kappa shape index (κ2) is 4.02. The minimum absolute atomic E-state index is 0.00528. The standard InChI is InChI=1S/C10H15N3O2/c1-7(2)13-5-8(4-11-13)10-3-9(6-14)15-12-10/h4-5,7,9,14H,3,6H2,1-2H3. The van der Waals surface area contributed by atoms with Gasteiger partial charge in [0.2, 0.25) is 0 Å². The van der Waals surface area contributed by atoms with Gasteiger partial charge < -0.3 is 9.94 Å². The van der Waals surface area contributed by atoms with Crippen molar-refractivity contribution < 1.29 is 9.94 Å². The summed E-state index contributed by atoms with van der Waals surface area (Å²) < 4.78 is 1.88. The van der Waals surface area contributed by atoms with E-state index in [-0.39, 0.29) is 12.7 Å². The molecule has 0 spiro atoms. The third-order valence-electron chi connectivity index (χ3n) is 2.40. The fraction of sp³-hybridized carbons (Fsp3) is 0.600. The van der Waals surface area contributed by atoms with E-state index in [9.17, 15) is 0 Å². The van der Waals surface area contributed by atoms with Gasteiger partial charge in [0.25, 0.3) is 0 Å². The highest BCUT2D eigenvalue weighted by molar-refractivity contribution is 6.00. The third kappa shape index (κ3) is 2.02. The minimum atomic E-state index is -0.192. The van der Waals surface area contributed by atoms with Gasteiger partial charge in [-0.3, -0.25) is 4.68 Å². The number of hydrogen-bond donors (Lipinski definition) is 1. The lowest BCUT2D eigenvalue weighted by Crippen LogP contribution is -2.12. The Hall–Kier alpha value is -1.36. The monoisotopic (exact) mass is 209 g/mol. The molecule has 15 heavy (non-hydrogen) atoms. The van der Waals surface area contributed by atoms with Gasteiger partial charge in [-0.15, -0.1) is 0 Å². The lowest BCUT2D eigenvalue weighted by molar-refractivity contribution is 0.0390. The van der Waals surface area contributed by atoms with Crippen molar-refractivity contribution in [3.8, 4) is 0 Å².